The monoisotopic (exact) mass is 498 g/mol. The van der Waals surface area contributed by atoms with Gasteiger partial charge in [-0.25, -0.2) is 4.79 Å². The minimum Gasteiger partial charge on any atom is -0.444 e. The van der Waals surface area contributed by atoms with Gasteiger partial charge in [0.15, 0.2) is 0 Å². The van der Waals surface area contributed by atoms with Gasteiger partial charge in [-0.3, -0.25) is 4.99 Å². The van der Waals surface area contributed by atoms with Gasteiger partial charge in [0.2, 0.25) is 0 Å². The van der Waals surface area contributed by atoms with Crippen molar-refractivity contribution in [1.29, 1.82) is 0 Å². The van der Waals surface area contributed by atoms with Crippen LogP contribution in [-0.2, 0) is 4.74 Å². The molecule has 202 valence electrons. The predicted octanol–water partition coefficient (Wildman–Crippen LogP) is 6.95. The van der Waals surface area contributed by atoms with Crippen LogP contribution < -0.4 is 0 Å². The van der Waals surface area contributed by atoms with Crippen LogP contribution in [0.2, 0.25) is 0 Å². The maximum absolute atomic E-state index is 12.6. The molecule has 0 N–H and O–H groups in total. The van der Waals surface area contributed by atoms with Crippen LogP contribution in [0, 0.1) is 0 Å². The molecule has 0 aromatic heterocycles. The van der Waals surface area contributed by atoms with Crippen molar-refractivity contribution >= 4 is 11.8 Å². The Morgan fingerprint density at radius 1 is 1.03 bits per heavy atom. The van der Waals surface area contributed by atoms with Crippen LogP contribution in [0.1, 0.15) is 75.2 Å². The van der Waals surface area contributed by atoms with Crippen LogP contribution in [0.15, 0.2) is 63.6 Å². The SMILES string of the molecule is C/C=C(C(/C=C(C)CC)=C/N(C)C)\C(C(\C)=N\C=C\CC)=C(\C)N1CCN(C(=O)OC(C)(C)C)CC1. The second-order valence-corrected chi connectivity index (χ2v) is 10.5. The highest BCUT2D eigenvalue weighted by atomic mass is 16.6. The van der Waals surface area contributed by atoms with Crippen molar-refractivity contribution in [3.63, 3.8) is 0 Å². The first-order valence-electron chi connectivity index (χ1n) is 13.2. The van der Waals surface area contributed by atoms with Gasteiger partial charge >= 0.3 is 6.09 Å². The minimum atomic E-state index is -0.489. The van der Waals surface area contributed by atoms with E-state index in [4.69, 9.17) is 9.73 Å². The quantitative estimate of drug-likeness (QED) is 0.255. The lowest BCUT2D eigenvalue weighted by atomic mass is 9.91. The molecule has 0 aromatic rings. The van der Waals surface area contributed by atoms with Gasteiger partial charge in [-0.15, -0.1) is 0 Å². The summed E-state index contributed by atoms with van der Waals surface area (Å²) in [7, 11) is 4.11. The zero-order valence-corrected chi connectivity index (χ0v) is 24.7. The smallest absolute Gasteiger partial charge is 0.410 e. The van der Waals surface area contributed by atoms with Crippen molar-refractivity contribution in [3.8, 4) is 0 Å². The Morgan fingerprint density at radius 2 is 1.61 bits per heavy atom. The van der Waals surface area contributed by atoms with Gasteiger partial charge in [-0.05, 0) is 72.5 Å². The number of aliphatic imine (C=N–C) groups is 1. The van der Waals surface area contributed by atoms with Gasteiger partial charge in [-0.1, -0.05) is 37.6 Å². The molecule has 1 aliphatic heterocycles. The highest BCUT2D eigenvalue weighted by Crippen LogP contribution is 2.29. The normalized spacial score (nSPS) is 17.5. The van der Waals surface area contributed by atoms with E-state index in [-0.39, 0.29) is 6.09 Å². The van der Waals surface area contributed by atoms with E-state index in [9.17, 15) is 4.79 Å². The second kappa shape index (κ2) is 14.7. The van der Waals surface area contributed by atoms with E-state index in [1.165, 1.54) is 11.3 Å². The number of nitrogens with zero attached hydrogens (tertiary/aromatic N) is 4. The average molecular weight is 499 g/mol. The van der Waals surface area contributed by atoms with Crippen molar-refractivity contribution in [3.05, 3.63) is 58.6 Å². The van der Waals surface area contributed by atoms with E-state index >= 15 is 0 Å². The van der Waals surface area contributed by atoms with Crippen LogP contribution in [0.4, 0.5) is 4.79 Å². The third-order valence-electron chi connectivity index (χ3n) is 5.96. The van der Waals surface area contributed by atoms with Gasteiger partial charge in [0.1, 0.15) is 5.60 Å². The fraction of sp³-hybridized carbons (Fsp3) is 0.600. The topological polar surface area (TPSA) is 48.4 Å². The maximum Gasteiger partial charge on any atom is 0.410 e. The van der Waals surface area contributed by atoms with Crippen molar-refractivity contribution in [2.45, 2.75) is 80.8 Å². The van der Waals surface area contributed by atoms with E-state index < -0.39 is 5.60 Å². The molecule has 0 bridgehead atoms. The molecule has 0 atom stereocenters. The Morgan fingerprint density at radius 3 is 2.08 bits per heavy atom. The van der Waals surface area contributed by atoms with Crippen LogP contribution in [0.25, 0.3) is 0 Å². The van der Waals surface area contributed by atoms with Gasteiger partial charge in [0.05, 0.1) is 0 Å². The molecule has 0 aromatic carbocycles. The number of ether oxygens (including phenoxy) is 1. The molecule has 0 aliphatic carbocycles. The Kier molecular flexibility index (Phi) is 12.8. The second-order valence-electron chi connectivity index (χ2n) is 10.5. The van der Waals surface area contributed by atoms with Crippen molar-refractivity contribution in [2.75, 3.05) is 40.3 Å². The molecule has 1 aliphatic rings. The summed E-state index contributed by atoms with van der Waals surface area (Å²) >= 11 is 0. The van der Waals surface area contributed by atoms with E-state index in [1.54, 1.807) is 4.90 Å². The summed E-state index contributed by atoms with van der Waals surface area (Å²) in [6, 6.07) is 0. The number of carbonyl (C=O) groups excluding carboxylic acids is 1. The van der Waals surface area contributed by atoms with Crippen molar-refractivity contribution < 1.29 is 9.53 Å². The first kappa shape index (κ1) is 31.3. The fourth-order valence-corrected chi connectivity index (χ4v) is 3.98. The number of carbonyl (C=O) groups is 1. The average Bonchev–Trinajstić information content (AvgIpc) is 2.80. The molecule has 6 heteroatoms. The predicted molar refractivity (Wildman–Crippen MR) is 154 cm³/mol. The summed E-state index contributed by atoms with van der Waals surface area (Å²) in [5, 5.41) is 0. The van der Waals surface area contributed by atoms with Gasteiger partial charge in [0.25, 0.3) is 0 Å². The molecule has 1 amide bonds. The minimum absolute atomic E-state index is 0.239. The summed E-state index contributed by atoms with van der Waals surface area (Å²) in [6.45, 7) is 21.3. The molecule has 0 radical (unpaired) electrons. The molecule has 0 unspecified atom stereocenters. The first-order chi connectivity index (χ1) is 16.8. The number of piperazine rings is 1. The van der Waals surface area contributed by atoms with E-state index in [2.05, 4.69) is 89.9 Å². The van der Waals surface area contributed by atoms with E-state index in [0.29, 0.717) is 13.1 Å². The summed E-state index contributed by atoms with van der Waals surface area (Å²) < 4.78 is 5.59. The summed E-state index contributed by atoms with van der Waals surface area (Å²) in [6.07, 6.45) is 12.3. The number of allylic oxidation sites excluding steroid dienone is 8. The molecular weight excluding hydrogens is 448 g/mol. The molecule has 1 heterocycles. The zero-order valence-electron chi connectivity index (χ0n) is 24.7. The first-order valence-corrected chi connectivity index (χ1v) is 13.2. The van der Waals surface area contributed by atoms with E-state index in [1.807, 2.05) is 27.0 Å². The number of hydrogen-bond acceptors (Lipinski definition) is 5. The Bertz CT molecular complexity index is 919. The summed E-state index contributed by atoms with van der Waals surface area (Å²) in [5.41, 5.74) is 6.45. The van der Waals surface area contributed by atoms with Crippen LogP contribution in [0.5, 0.6) is 0 Å². The Labute approximate surface area is 220 Å². The van der Waals surface area contributed by atoms with Gasteiger partial charge in [-0.2, -0.15) is 0 Å². The lowest BCUT2D eigenvalue weighted by Gasteiger charge is -2.38. The van der Waals surface area contributed by atoms with Crippen molar-refractivity contribution in [2.24, 2.45) is 4.99 Å². The molecule has 36 heavy (non-hydrogen) atoms. The maximum atomic E-state index is 12.6. The highest BCUT2D eigenvalue weighted by Gasteiger charge is 2.27. The molecule has 1 rings (SSSR count). The van der Waals surface area contributed by atoms with Crippen LogP contribution >= 0.6 is 0 Å². The Balaban J connectivity index is 3.48. The third-order valence-corrected chi connectivity index (χ3v) is 5.96. The summed E-state index contributed by atoms with van der Waals surface area (Å²) in [5.74, 6) is 0. The molecule has 0 saturated carbocycles. The van der Waals surface area contributed by atoms with Crippen molar-refractivity contribution in [1.82, 2.24) is 14.7 Å². The number of hydrogen-bond donors (Lipinski definition) is 0. The highest BCUT2D eigenvalue weighted by molar-refractivity contribution is 6.04. The lowest BCUT2D eigenvalue weighted by molar-refractivity contribution is 0.0168. The summed E-state index contributed by atoms with van der Waals surface area (Å²) in [4.78, 5) is 23.6. The van der Waals surface area contributed by atoms with Gasteiger partial charge < -0.3 is 19.4 Å². The largest absolute Gasteiger partial charge is 0.444 e. The zero-order chi connectivity index (χ0) is 27.5. The number of amides is 1. The molecule has 1 saturated heterocycles. The third kappa shape index (κ3) is 10.1. The standard InChI is InChI=1S/C30H50N4O2/c1-12-15-16-31-24(5)28(27(14-3)26(22-32(10)11)21-23(4)13-2)25(6)33-17-19-34(20-18-33)29(35)36-30(7,8)9/h14-16,21-22H,12-13,17-20H2,1-11H3/b16-15+,23-21?,26-22+,27-14-,28-25-,31-24+. The number of rotatable bonds is 9. The molecule has 1 fully saturated rings. The van der Waals surface area contributed by atoms with Crippen LogP contribution in [0.3, 0.4) is 0 Å². The van der Waals surface area contributed by atoms with Gasteiger partial charge in [0, 0.05) is 69.7 Å². The fourth-order valence-electron chi connectivity index (χ4n) is 3.98. The molecule has 0 spiro atoms. The lowest BCUT2D eigenvalue weighted by Crippen LogP contribution is -2.49. The molecule has 6 nitrogen and oxygen atoms in total. The van der Waals surface area contributed by atoms with E-state index in [0.717, 1.165) is 48.4 Å². The Hall–Kier alpha value is -2.76. The van der Waals surface area contributed by atoms with Crippen LogP contribution in [-0.4, -0.2) is 72.4 Å². The molecular formula is C30H50N4O2.